The minimum Gasteiger partial charge on any atom is -0.492 e. The average Bonchev–Trinajstić information content (AvgIpc) is 2.36. The van der Waals surface area contributed by atoms with Crippen LogP contribution in [0.4, 0.5) is 5.69 Å². The van der Waals surface area contributed by atoms with E-state index in [1.54, 1.807) is 6.07 Å². The lowest BCUT2D eigenvalue weighted by Crippen LogP contribution is -2.01. The van der Waals surface area contributed by atoms with Crippen LogP contribution in [0.1, 0.15) is 17.3 Å². The van der Waals surface area contributed by atoms with Gasteiger partial charge in [0.2, 0.25) is 0 Å². The molecule has 0 unspecified atom stereocenters. The van der Waals surface area contributed by atoms with Crippen molar-refractivity contribution in [1.29, 1.82) is 5.26 Å². The molecule has 0 radical (unpaired) electrons. The Balaban J connectivity index is 0.000000873. The third-order valence-electron chi connectivity index (χ3n) is 1.67. The fraction of sp³-hybridized carbons (Fsp3) is 0.273. The first-order valence-corrected chi connectivity index (χ1v) is 5.96. The van der Waals surface area contributed by atoms with Crippen LogP contribution >= 0.6 is 15.9 Å². The number of carbonyl (C=O) groups is 1. The van der Waals surface area contributed by atoms with Crippen LogP contribution in [0.25, 0.3) is 0 Å². The smallest absolute Gasteiger partial charge is 0.270 e. The van der Waals surface area contributed by atoms with Gasteiger partial charge in [0.15, 0.2) is 6.29 Å². The van der Waals surface area contributed by atoms with Gasteiger partial charge in [-0.15, -0.1) is 0 Å². The van der Waals surface area contributed by atoms with E-state index in [1.165, 1.54) is 25.1 Å². The van der Waals surface area contributed by atoms with Crippen LogP contribution in [0.2, 0.25) is 0 Å². The molecule has 1 rings (SSSR count). The highest BCUT2D eigenvalue weighted by Crippen LogP contribution is 2.22. The molecule has 0 aliphatic heterocycles. The van der Waals surface area contributed by atoms with Crippen LogP contribution in [0.5, 0.6) is 5.75 Å². The van der Waals surface area contributed by atoms with Crippen molar-refractivity contribution in [3.63, 3.8) is 0 Å². The van der Waals surface area contributed by atoms with Crippen molar-refractivity contribution in [2.75, 3.05) is 11.9 Å². The first kappa shape index (κ1) is 16.1. The first-order valence-electron chi connectivity index (χ1n) is 4.83. The molecule has 0 aliphatic rings. The minimum atomic E-state index is -0.554. The number of nitriles is 1. The van der Waals surface area contributed by atoms with E-state index in [1.807, 2.05) is 0 Å². The van der Waals surface area contributed by atoms with E-state index in [0.29, 0.717) is 24.0 Å². The highest BCUT2D eigenvalue weighted by Gasteiger charge is 2.10. The van der Waals surface area contributed by atoms with E-state index in [4.69, 9.17) is 10.00 Å². The zero-order valence-corrected chi connectivity index (χ0v) is 11.2. The lowest BCUT2D eigenvalue weighted by Gasteiger charge is -2.05. The fourth-order valence-corrected chi connectivity index (χ4v) is 1.18. The van der Waals surface area contributed by atoms with E-state index in [9.17, 15) is 14.9 Å². The van der Waals surface area contributed by atoms with Crippen molar-refractivity contribution >= 4 is 27.9 Å². The molecule has 1 aromatic rings. The molecule has 0 amide bonds. The Morgan fingerprint density at radius 2 is 2.22 bits per heavy atom. The Morgan fingerprint density at radius 3 is 2.67 bits per heavy atom. The maximum atomic E-state index is 10.7. The summed E-state index contributed by atoms with van der Waals surface area (Å²) in [5.41, 5.74) is 0.0634. The third-order valence-corrected chi connectivity index (χ3v) is 1.99. The summed E-state index contributed by atoms with van der Waals surface area (Å²) in [5.74, 6) is 0.357. The molecular weight excluding hydrogens is 304 g/mol. The Morgan fingerprint density at radius 1 is 1.61 bits per heavy atom. The topological polar surface area (TPSA) is 93.2 Å². The van der Waals surface area contributed by atoms with Crippen molar-refractivity contribution in [3.05, 3.63) is 33.9 Å². The number of halogens is 1. The van der Waals surface area contributed by atoms with E-state index < -0.39 is 4.92 Å². The number of alkyl halides is 1. The number of benzene rings is 1. The van der Waals surface area contributed by atoms with Gasteiger partial charge in [0.25, 0.3) is 5.69 Å². The van der Waals surface area contributed by atoms with Crippen molar-refractivity contribution in [1.82, 2.24) is 0 Å². The Labute approximate surface area is 112 Å². The molecule has 0 spiro atoms. The second-order valence-corrected chi connectivity index (χ2v) is 3.65. The third kappa shape index (κ3) is 5.41. The predicted molar refractivity (Wildman–Crippen MR) is 69.1 cm³/mol. The average molecular weight is 315 g/mol. The highest BCUT2D eigenvalue weighted by atomic mass is 79.9. The molecule has 0 saturated carbocycles. The van der Waals surface area contributed by atoms with Gasteiger partial charge in [-0.25, -0.2) is 0 Å². The van der Waals surface area contributed by atoms with Crippen molar-refractivity contribution in [3.8, 4) is 11.8 Å². The number of nitrogens with zero attached hydrogens (tertiary/aromatic N) is 2. The summed E-state index contributed by atoms with van der Waals surface area (Å²) in [5, 5.41) is 18.4. The minimum absolute atomic E-state index is 0.122. The van der Waals surface area contributed by atoms with Crippen LogP contribution in [0.15, 0.2) is 18.2 Å². The molecule has 0 bridgehead atoms. The highest BCUT2D eigenvalue weighted by molar-refractivity contribution is 9.09. The Hall–Kier alpha value is -1.94. The Kier molecular flexibility index (Phi) is 8.14. The van der Waals surface area contributed by atoms with Gasteiger partial charge in [0.05, 0.1) is 23.2 Å². The lowest BCUT2D eigenvalue weighted by atomic mass is 10.2. The van der Waals surface area contributed by atoms with Crippen LogP contribution in [-0.4, -0.2) is 23.1 Å². The van der Waals surface area contributed by atoms with E-state index >= 15 is 0 Å². The number of carbonyl (C=O) groups excluding carboxylic acids is 1. The monoisotopic (exact) mass is 314 g/mol. The fourth-order valence-electron chi connectivity index (χ4n) is 1.02. The zero-order valence-electron chi connectivity index (χ0n) is 9.63. The molecule has 0 aromatic heterocycles. The number of nitro benzene ring substituents is 1. The quantitative estimate of drug-likeness (QED) is 0.360. The largest absolute Gasteiger partial charge is 0.492 e. The van der Waals surface area contributed by atoms with Crippen molar-refractivity contribution < 1.29 is 14.5 Å². The number of non-ortho nitro benzene ring substituents is 1. The molecular formula is C11H11BrN2O4. The second-order valence-electron chi connectivity index (χ2n) is 2.86. The first-order chi connectivity index (χ1) is 8.60. The molecule has 18 heavy (non-hydrogen) atoms. The number of nitro groups is 1. The van der Waals surface area contributed by atoms with Crippen molar-refractivity contribution in [2.24, 2.45) is 0 Å². The maximum Gasteiger partial charge on any atom is 0.270 e. The summed E-state index contributed by atoms with van der Waals surface area (Å²) < 4.78 is 5.21. The van der Waals surface area contributed by atoms with Gasteiger partial charge in [-0.2, -0.15) is 5.26 Å². The molecule has 1 aromatic carbocycles. The number of aldehydes is 1. The summed E-state index contributed by atoms with van der Waals surface area (Å²) in [6.07, 6.45) is 0.538. The van der Waals surface area contributed by atoms with E-state index in [2.05, 4.69) is 15.9 Å². The van der Waals surface area contributed by atoms with Gasteiger partial charge in [0, 0.05) is 24.4 Å². The molecule has 0 N–H and O–H groups in total. The zero-order chi connectivity index (χ0) is 14.0. The van der Waals surface area contributed by atoms with Gasteiger partial charge in [-0.3, -0.25) is 14.9 Å². The molecule has 6 nitrogen and oxygen atoms in total. The number of ether oxygens (including phenoxy) is 1. The molecule has 0 heterocycles. The summed E-state index contributed by atoms with van der Waals surface area (Å²) in [7, 11) is 0. The van der Waals surface area contributed by atoms with Crippen molar-refractivity contribution in [2.45, 2.75) is 6.92 Å². The van der Waals surface area contributed by atoms with Gasteiger partial charge >= 0.3 is 0 Å². The number of hydrogen-bond donors (Lipinski definition) is 0. The molecule has 0 saturated heterocycles. The maximum absolute atomic E-state index is 10.7. The molecule has 7 heteroatoms. The summed E-state index contributed by atoms with van der Waals surface area (Å²) in [4.78, 5) is 20.5. The lowest BCUT2D eigenvalue weighted by molar-refractivity contribution is -0.384. The van der Waals surface area contributed by atoms with Gasteiger partial charge in [0.1, 0.15) is 5.75 Å². The summed E-state index contributed by atoms with van der Waals surface area (Å²) in [6, 6.07) is 5.66. The SMILES string of the molecule is CC#N.O=Cc1cc([N+](=O)[O-])ccc1OCCBr. The summed E-state index contributed by atoms with van der Waals surface area (Å²) in [6.45, 7) is 1.83. The van der Waals surface area contributed by atoms with Crippen LogP contribution in [-0.2, 0) is 0 Å². The predicted octanol–water partition coefficient (Wildman–Crippen LogP) is 2.71. The van der Waals surface area contributed by atoms with Gasteiger partial charge in [-0.1, -0.05) is 15.9 Å². The van der Waals surface area contributed by atoms with Crippen LogP contribution in [0.3, 0.4) is 0 Å². The van der Waals surface area contributed by atoms with E-state index in [0.717, 1.165) is 0 Å². The molecule has 0 fully saturated rings. The normalized spacial score (nSPS) is 8.50. The number of hydrogen-bond acceptors (Lipinski definition) is 5. The molecule has 0 aliphatic carbocycles. The van der Waals surface area contributed by atoms with Crippen LogP contribution in [0, 0.1) is 21.4 Å². The summed E-state index contributed by atoms with van der Waals surface area (Å²) >= 11 is 3.17. The standard InChI is InChI=1S/C9H8BrNO4.C2H3N/c10-3-4-15-9-2-1-8(11(13)14)5-7(9)6-12;1-2-3/h1-2,5-6H,3-4H2;1H3. The van der Waals surface area contributed by atoms with Gasteiger partial charge in [-0.05, 0) is 6.07 Å². The number of rotatable bonds is 5. The van der Waals surface area contributed by atoms with Gasteiger partial charge < -0.3 is 4.74 Å². The van der Waals surface area contributed by atoms with Crippen LogP contribution < -0.4 is 4.74 Å². The molecule has 0 atom stereocenters. The Bertz CT molecular complexity index is 457. The van der Waals surface area contributed by atoms with E-state index in [-0.39, 0.29) is 11.3 Å². The molecule has 96 valence electrons. The second kappa shape index (κ2) is 9.13.